The van der Waals surface area contributed by atoms with Gasteiger partial charge in [0.05, 0.1) is 16.8 Å². The molecule has 1 aromatic carbocycles. The minimum atomic E-state index is -4.89. The Balaban J connectivity index is 3.16. The van der Waals surface area contributed by atoms with Crippen molar-refractivity contribution in [1.82, 2.24) is 0 Å². The number of nitrogens with two attached hydrogens (primary N) is 1. The molecule has 0 aliphatic rings. The maximum absolute atomic E-state index is 12.7. The molecule has 1 unspecified atom stereocenters. The number of anilines is 1. The van der Waals surface area contributed by atoms with E-state index in [4.69, 9.17) is 22.1 Å². The van der Waals surface area contributed by atoms with Crippen molar-refractivity contribution in [2.45, 2.75) is 25.6 Å². The first kappa shape index (κ1) is 18.1. The third-order valence-corrected chi connectivity index (χ3v) is 3.41. The lowest BCUT2D eigenvalue weighted by Gasteiger charge is -2.26. The summed E-state index contributed by atoms with van der Waals surface area (Å²) in [7, 11) is 0. The van der Waals surface area contributed by atoms with Crippen molar-refractivity contribution in [3.05, 3.63) is 21.6 Å². The number of nitrogens with one attached hydrogen (secondary N) is 1. The Morgan fingerprint density at radius 3 is 2.52 bits per heavy atom. The summed E-state index contributed by atoms with van der Waals surface area (Å²) in [5, 5.41) is 2.31. The van der Waals surface area contributed by atoms with Crippen LogP contribution in [0.1, 0.15) is 13.8 Å². The number of halogens is 5. The third kappa shape index (κ3) is 4.02. The van der Waals surface area contributed by atoms with Crippen molar-refractivity contribution in [1.29, 1.82) is 0 Å². The molecule has 0 bridgehead atoms. The van der Waals surface area contributed by atoms with Gasteiger partial charge in [-0.05, 0) is 41.9 Å². The van der Waals surface area contributed by atoms with Gasteiger partial charge in [0.25, 0.3) is 5.91 Å². The Bertz CT molecular complexity index is 550. The predicted molar refractivity (Wildman–Crippen MR) is 77.6 cm³/mol. The average Bonchev–Trinajstić information content (AvgIpc) is 2.31. The van der Waals surface area contributed by atoms with E-state index >= 15 is 0 Å². The highest BCUT2D eigenvalue weighted by Crippen LogP contribution is 2.38. The molecule has 0 radical (unpaired) electrons. The lowest BCUT2D eigenvalue weighted by molar-refractivity contribution is -0.184. The predicted octanol–water partition coefficient (Wildman–Crippen LogP) is 3.72. The molecule has 1 atom stereocenters. The van der Waals surface area contributed by atoms with Crippen LogP contribution in [-0.2, 0) is 4.79 Å². The van der Waals surface area contributed by atoms with E-state index in [1.54, 1.807) is 6.92 Å². The topological polar surface area (TPSA) is 64.3 Å². The van der Waals surface area contributed by atoms with Crippen LogP contribution >= 0.6 is 27.5 Å². The number of hydrogen-bond acceptors (Lipinski definition) is 3. The molecule has 3 N–H and O–H groups in total. The smallest absolute Gasteiger partial charge is 0.415 e. The quantitative estimate of drug-likeness (QED) is 0.825. The molecule has 4 nitrogen and oxygen atoms in total. The number of benzene rings is 1. The maximum atomic E-state index is 12.7. The van der Waals surface area contributed by atoms with Gasteiger partial charge in [0.1, 0.15) is 0 Å². The van der Waals surface area contributed by atoms with Crippen LogP contribution in [0.4, 0.5) is 18.9 Å². The highest BCUT2D eigenvalue weighted by Gasteiger charge is 2.54. The molecule has 0 aromatic heterocycles. The number of carbonyl (C=O) groups is 1. The van der Waals surface area contributed by atoms with Gasteiger partial charge in [0.2, 0.25) is 0 Å². The van der Waals surface area contributed by atoms with Crippen LogP contribution < -0.4 is 15.8 Å². The van der Waals surface area contributed by atoms with Crippen LogP contribution in [0.2, 0.25) is 5.02 Å². The van der Waals surface area contributed by atoms with E-state index in [0.29, 0.717) is 11.4 Å². The summed E-state index contributed by atoms with van der Waals surface area (Å²) >= 11 is 8.98. The van der Waals surface area contributed by atoms with Gasteiger partial charge in [-0.3, -0.25) is 4.79 Å². The molecule has 1 amide bonds. The number of carbonyl (C=O) groups excluding carboxylic acids is 1. The van der Waals surface area contributed by atoms with Gasteiger partial charge in [0, 0.05) is 5.02 Å². The van der Waals surface area contributed by atoms with Crippen LogP contribution in [-0.4, -0.2) is 24.2 Å². The van der Waals surface area contributed by atoms with Crippen LogP contribution in [0.25, 0.3) is 0 Å². The van der Waals surface area contributed by atoms with Gasteiger partial charge >= 0.3 is 6.18 Å². The molecule has 0 aliphatic heterocycles. The fraction of sp³-hybridized carbons (Fsp3) is 0.417. The van der Waals surface area contributed by atoms with Crippen molar-refractivity contribution < 1.29 is 22.7 Å². The number of ether oxygens (including phenoxy) is 1. The molecular formula is C12H13BrClF3N2O2. The molecule has 0 heterocycles. The summed E-state index contributed by atoms with van der Waals surface area (Å²) in [5.74, 6) is -1.24. The number of amides is 1. The minimum absolute atomic E-state index is 0.00199. The van der Waals surface area contributed by atoms with Crippen molar-refractivity contribution in [2.24, 2.45) is 5.73 Å². The number of alkyl halides is 3. The monoisotopic (exact) mass is 388 g/mol. The van der Waals surface area contributed by atoms with Crippen LogP contribution in [0.15, 0.2) is 16.6 Å². The van der Waals surface area contributed by atoms with Gasteiger partial charge in [-0.25, -0.2) is 0 Å². The SMILES string of the molecule is CCOc1c(Br)cc(Cl)cc1NC(=O)C(C)(N)C(F)(F)F. The van der Waals surface area contributed by atoms with Gasteiger partial charge in [0.15, 0.2) is 11.3 Å². The summed E-state index contributed by atoms with van der Waals surface area (Å²) < 4.78 is 43.9. The largest absolute Gasteiger partial charge is 0.491 e. The summed E-state index contributed by atoms with van der Waals surface area (Å²) in [6.45, 7) is 2.53. The van der Waals surface area contributed by atoms with Gasteiger partial charge < -0.3 is 15.8 Å². The zero-order valence-corrected chi connectivity index (χ0v) is 13.5. The minimum Gasteiger partial charge on any atom is -0.491 e. The molecule has 0 saturated heterocycles. The van der Waals surface area contributed by atoms with Crippen molar-refractivity contribution in [3.63, 3.8) is 0 Å². The molecule has 21 heavy (non-hydrogen) atoms. The van der Waals surface area contributed by atoms with Gasteiger partial charge in [-0.1, -0.05) is 11.6 Å². The molecule has 0 spiro atoms. The first-order valence-corrected chi connectivity index (χ1v) is 6.96. The van der Waals surface area contributed by atoms with Gasteiger partial charge in [-0.2, -0.15) is 13.2 Å². The summed E-state index contributed by atoms with van der Waals surface area (Å²) in [5.41, 5.74) is 2.03. The third-order valence-electron chi connectivity index (χ3n) is 2.61. The van der Waals surface area contributed by atoms with E-state index in [-0.39, 0.29) is 23.1 Å². The van der Waals surface area contributed by atoms with Crippen molar-refractivity contribution in [3.8, 4) is 5.75 Å². The second-order valence-corrected chi connectivity index (χ2v) is 5.64. The van der Waals surface area contributed by atoms with E-state index in [9.17, 15) is 18.0 Å². The Hall–Kier alpha value is -0.990. The average molecular weight is 390 g/mol. The number of rotatable bonds is 4. The van der Waals surface area contributed by atoms with Crippen LogP contribution in [0, 0.1) is 0 Å². The molecule has 118 valence electrons. The van der Waals surface area contributed by atoms with E-state index in [0.717, 1.165) is 0 Å². The van der Waals surface area contributed by atoms with E-state index in [1.165, 1.54) is 12.1 Å². The Morgan fingerprint density at radius 1 is 1.48 bits per heavy atom. The molecule has 0 fully saturated rings. The standard InChI is InChI=1S/C12H13BrClF3N2O2/c1-3-21-9-7(13)4-6(14)5-8(9)19-10(20)11(2,18)12(15,16)17/h4-5H,3,18H2,1-2H3,(H,19,20). The maximum Gasteiger partial charge on any atom is 0.415 e. The van der Waals surface area contributed by atoms with Crippen LogP contribution in [0.3, 0.4) is 0 Å². The van der Waals surface area contributed by atoms with Crippen molar-refractivity contribution >= 4 is 39.1 Å². The van der Waals surface area contributed by atoms with E-state index < -0.39 is 17.6 Å². The Kier molecular flexibility index (Phi) is 5.51. The summed E-state index contributed by atoms with van der Waals surface area (Å²) in [6, 6.07) is 2.77. The van der Waals surface area contributed by atoms with Gasteiger partial charge in [-0.15, -0.1) is 0 Å². The van der Waals surface area contributed by atoms with Crippen LogP contribution in [0.5, 0.6) is 5.75 Å². The fourth-order valence-electron chi connectivity index (χ4n) is 1.33. The summed E-state index contributed by atoms with van der Waals surface area (Å²) in [6.07, 6.45) is -4.89. The molecular weight excluding hydrogens is 376 g/mol. The zero-order chi connectivity index (χ0) is 16.4. The normalized spacial score (nSPS) is 14.5. The van der Waals surface area contributed by atoms with Crippen molar-refractivity contribution in [2.75, 3.05) is 11.9 Å². The molecule has 1 aromatic rings. The molecule has 0 saturated carbocycles. The highest BCUT2D eigenvalue weighted by molar-refractivity contribution is 9.10. The zero-order valence-electron chi connectivity index (χ0n) is 11.1. The molecule has 9 heteroatoms. The molecule has 1 rings (SSSR count). The lowest BCUT2D eigenvalue weighted by Crippen LogP contribution is -2.59. The first-order chi connectivity index (χ1) is 9.50. The first-order valence-electron chi connectivity index (χ1n) is 5.79. The highest BCUT2D eigenvalue weighted by atomic mass is 79.9. The molecule has 0 aliphatic carbocycles. The second kappa shape index (κ2) is 6.41. The number of hydrogen-bond donors (Lipinski definition) is 2. The summed E-state index contributed by atoms with van der Waals surface area (Å²) in [4.78, 5) is 11.8. The lowest BCUT2D eigenvalue weighted by atomic mass is 10.0. The Labute approximate surface area is 132 Å². The Morgan fingerprint density at radius 2 is 2.05 bits per heavy atom. The second-order valence-electron chi connectivity index (χ2n) is 4.35. The van der Waals surface area contributed by atoms with E-state index in [2.05, 4.69) is 21.2 Å². The van der Waals surface area contributed by atoms with E-state index in [1.807, 2.05) is 0 Å². The fourth-order valence-corrected chi connectivity index (χ4v) is 2.25.